The molecule has 0 saturated heterocycles. The summed E-state index contributed by atoms with van der Waals surface area (Å²) in [4.78, 5) is 2.75. The molecular weight excluding hydrogens is 125 g/mol. The van der Waals surface area contributed by atoms with Gasteiger partial charge in [-0.25, -0.2) is 0 Å². The van der Waals surface area contributed by atoms with E-state index in [2.05, 4.69) is 9.94 Å². The summed E-state index contributed by atoms with van der Waals surface area (Å²) in [6, 6.07) is 0. The quantitative estimate of drug-likeness (QED) is 0.243. The van der Waals surface area contributed by atoms with Crippen LogP contribution in [0.4, 0.5) is 0 Å². The lowest BCUT2D eigenvalue weighted by Gasteiger charge is -2.18. The molecular formula is C6H12BN3. The average Bonchev–Trinajstić information content (AvgIpc) is 2.03. The summed E-state index contributed by atoms with van der Waals surface area (Å²) in [7, 11) is 0.719. The molecule has 0 unspecified atom stereocenters. The normalized spacial score (nSPS) is 19.6. The van der Waals surface area contributed by atoms with E-state index < -0.39 is 0 Å². The van der Waals surface area contributed by atoms with Crippen LogP contribution in [0.3, 0.4) is 0 Å². The Hall–Kier alpha value is -0.625. The minimum Gasteiger partial charge on any atom is -0.153 e. The third kappa shape index (κ3) is 2.32. The molecule has 0 N–H and O–H groups in total. The highest BCUT2D eigenvalue weighted by atomic mass is 15.1. The Bertz CT molecular complexity index is 136. The minimum absolute atomic E-state index is 0.685. The summed E-state index contributed by atoms with van der Waals surface area (Å²) < 4.78 is 0. The molecule has 1 aliphatic rings. The van der Waals surface area contributed by atoms with Crippen molar-refractivity contribution < 1.29 is 0 Å². The van der Waals surface area contributed by atoms with E-state index in [1.54, 1.807) is 0 Å². The Morgan fingerprint density at radius 2 is 2.00 bits per heavy atom. The fraction of sp³-hybridized carbons (Fsp3) is 1.00. The van der Waals surface area contributed by atoms with Crippen molar-refractivity contribution in [2.75, 3.05) is 0 Å². The van der Waals surface area contributed by atoms with Gasteiger partial charge in [-0.15, -0.1) is 0 Å². The lowest BCUT2D eigenvalue weighted by Crippen LogP contribution is -2.05. The zero-order valence-electron chi connectivity index (χ0n) is 6.16. The first-order valence-electron chi connectivity index (χ1n) is 3.94. The molecule has 1 fully saturated rings. The monoisotopic (exact) mass is 137 g/mol. The maximum absolute atomic E-state index is 8.06. The summed E-state index contributed by atoms with van der Waals surface area (Å²) in [6.07, 6.45) is 6.54. The van der Waals surface area contributed by atoms with Gasteiger partial charge in [-0.2, -0.15) is 5.03 Å². The predicted molar refractivity (Wildman–Crippen MR) is 43.1 cm³/mol. The minimum atomic E-state index is 0.685. The lowest BCUT2D eigenvalue weighted by atomic mass is 9.68. The molecule has 0 aromatic heterocycles. The highest BCUT2D eigenvalue weighted by Gasteiger charge is 2.12. The fourth-order valence-corrected chi connectivity index (χ4v) is 1.52. The molecule has 10 heavy (non-hydrogen) atoms. The van der Waals surface area contributed by atoms with Crippen LogP contribution in [0.15, 0.2) is 5.03 Å². The predicted octanol–water partition coefficient (Wildman–Crippen LogP) is 2.40. The maximum atomic E-state index is 8.06. The molecule has 54 valence electrons. The average molecular weight is 137 g/mol. The Morgan fingerprint density at radius 3 is 2.60 bits per heavy atom. The highest BCUT2D eigenvalue weighted by Crippen LogP contribution is 2.27. The second kappa shape index (κ2) is 4.23. The van der Waals surface area contributed by atoms with Crippen LogP contribution in [0, 0.1) is 0 Å². The Balaban J connectivity index is 2.19. The molecule has 0 aliphatic heterocycles. The van der Waals surface area contributed by atoms with E-state index in [1.807, 2.05) is 0 Å². The second-order valence-corrected chi connectivity index (χ2v) is 2.92. The molecule has 0 radical (unpaired) electrons. The lowest BCUT2D eigenvalue weighted by molar-refractivity contribution is 0.500. The first-order valence-corrected chi connectivity index (χ1v) is 3.94. The largest absolute Gasteiger partial charge is 0.228 e. The van der Waals surface area contributed by atoms with Crippen LogP contribution in [0.2, 0.25) is 5.82 Å². The topological polar surface area (TPSA) is 48.8 Å². The molecule has 0 heterocycles. The number of rotatable bonds is 2. The number of nitrogens with zero attached hydrogens (tertiary/aromatic N) is 3. The standard InChI is InChI=1S/C6H12BN3/c8-10-9-7-6-4-2-1-3-5-6/h6-7H,1-5H2. The van der Waals surface area contributed by atoms with Gasteiger partial charge in [-0.05, 0) is 10.4 Å². The third-order valence-corrected chi connectivity index (χ3v) is 2.13. The summed E-state index contributed by atoms with van der Waals surface area (Å²) in [5.41, 5.74) is 8.06. The van der Waals surface area contributed by atoms with Crippen molar-refractivity contribution in [3.8, 4) is 0 Å². The summed E-state index contributed by atoms with van der Waals surface area (Å²) in [5, 5.41) is 3.58. The van der Waals surface area contributed by atoms with Gasteiger partial charge in [-0.1, -0.05) is 37.9 Å². The van der Waals surface area contributed by atoms with E-state index in [0.717, 1.165) is 7.41 Å². The third-order valence-electron chi connectivity index (χ3n) is 2.13. The van der Waals surface area contributed by atoms with E-state index in [4.69, 9.17) is 5.53 Å². The van der Waals surface area contributed by atoms with Crippen molar-refractivity contribution in [2.45, 2.75) is 37.9 Å². The summed E-state index contributed by atoms with van der Waals surface area (Å²) >= 11 is 0. The van der Waals surface area contributed by atoms with Gasteiger partial charge in [0.25, 0.3) is 0 Å². The van der Waals surface area contributed by atoms with Gasteiger partial charge in [0.1, 0.15) is 0 Å². The first-order chi connectivity index (χ1) is 4.93. The molecule has 3 nitrogen and oxygen atoms in total. The van der Waals surface area contributed by atoms with Crippen molar-refractivity contribution in [1.82, 2.24) is 0 Å². The molecule has 4 heteroatoms. The molecule has 0 aromatic rings. The van der Waals surface area contributed by atoms with Crippen LogP contribution >= 0.6 is 0 Å². The van der Waals surface area contributed by atoms with Gasteiger partial charge in [0, 0.05) is 0 Å². The number of azide groups is 1. The summed E-state index contributed by atoms with van der Waals surface area (Å²) in [5.74, 6) is 0.685. The molecule has 0 bridgehead atoms. The molecule has 0 amide bonds. The van der Waals surface area contributed by atoms with Gasteiger partial charge in [0.2, 0.25) is 7.41 Å². The Labute approximate surface area is 61.7 Å². The van der Waals surface area contributed by atoms with Gasteiger partial charge >= 0.3 is 0 Å². The van der Waals surface area contributed by atoms with Gasteiger partial charge in [0.05, 0.1) is 0 Å². The van der Waals surface area contributed by atoms with Gasteiger partial charge in [0.15, 0.2) is 0 Å². The molecule has 0 atom stereocenters. The van der Waals surface area contributed by atoms with E-state index in [9.17, 15) is 0 Å². The van der Waals surface area contributed by atoms with E-state index in [0.29, 0.717) is 5.82 Å². The van der Waals surface area contributed by atoms with Gasteiger partial charge < -0.3 is 0 Å². The van der Waals surface area contributed by atoms with Crippen molar-refractivity contribution in [3.63, 3.8) is 0 Å². The zero-order valence-corrected chi connectivity index (χ0v) is 6.16. The van der Waals surface area contributed by atoms with Crippen LogP contribution < -0.4 is 0 Å². The molecule has 0 aromatic carbocycles. The van der Waals surface area contributed by atoms with Crippen molar-refractivity contribution in [2.24, 2.45) is 5.03 Å². The molecule has 1 rings (SSSR count). The van der Waals surface area contributed by atoms with Crippen LogP contribution in [0.25, 0.3) is 10.4 Å². The van der Waals surface area contributed by atoms with E-state index in [-0.39, 0.29) is 0 Å². The Kier molecular flexibility index (Phi) is 3.17. The summed E-state index contributed by atoms with van der Waals surface area (Å²) in [6.45, 7) is 0. The van der Waals surface area contributed by atoms with Gasteiger partial charge in [-0.3, -0.25) is 0 Å². The highest BCUT2D eigenvalue weighted by molar-refractivity contribution is 6.35. The number of hydrogen-bond donors (Lipinski definition) is 0. The number of hydrogen-bond acceptors (Lipinski definition) is 1. The van der Waals surface area contributed by atoms with Crippen molar-refractivity contribution >= 4 is 7.41 Å². The van der Waals surface area contributed by atoms with Crippen molar-refractivity contribution in [1.29, 1.82) is 0 Å². The SMILES string of the molecule is [N-]=[N+]=NBC1CCCCC1. The van der Waals surface area contributed by atoms with Crippen LogP contribution in [-0.2, 0) is 0 Å². The van der Waals surface area contributed by atoms with Crippen LogP contribution in [0.5, 0.6) is 0 Å². The zero-order chi connectivity index (χ0) is 7.23. The first kappa shape index (κ1) is 7.48. The van der Waals surface area contributed by atoms with Crippen LogP contribution in [-0.4, -0.2) is 7.41 Å². The second-order valence-electron chi connectivity index (χ2n) is 2.92. The van der Waals surface area contributed by atoms with E-state index >= 15 is 0 Å². The van der Waals surface area contributed by atoms with Crippen LogP contribution in [0.1, 0.15) is 32.1 Å². The maximum Gasteiger partial charge on any atom is 0.228 e. The Morgan fingerprint density at radius 1 is 1.30 bits per heavy atom. The smallest absolute Gasteiger partial charge is 0.153 e. The molecule has 1 saturated carbocycles. The molecule has 0 spiro atoms. The fourth-order valence-electron chi connectivity index (χ4n) is 1.52. The van der Waals surface area contributed by atoms with E-state index in [1.165, 1.54) is 32.1 Å². The van der Waals surface area contributed by atoms with Crippen molar-refractivity contribution in [3.05, 3.63) is 10.4 Å². The molecule has 1 aliphatic carbocycles.